The summed E-state index contributed by atoms with van der Waals surface area (Å²) in [7, 11) is 0. The summed E-state index contributed by atoms with van der Waals surface area (Å²) in [5, 5.41) is 4.60. The lowest BCUT2D eigenvalue weighted by Crippen LogP contribution is -2.41. The number of nitrogens with one attached hydrogen (secondary N) is 2. The van der Waals surface area contributed by atoms with Gasteiger partial charge in [0.2, 0.25) is 0 Å². The fourth-order valence-electron chi connectivity index (χ4n) is 5.84. The van der Waals surface area contributed by atoms with Crippen molar-refractivity contribution in [3.63, 3.8) is 0 Å². The number of fused-ring (bicyclic) bond motifs is 3. The number of H-pyrrole nitrogens is 1. The molecule has 0 aliphatic carbocycles. The topological polar surface area (TPSA) is 51.4 Å². The maximum absolute atomic E-state index is 13.6. The van der Waals surface area contributed by atoms with Crippen molar-refractivity contribution in [3.8, 4) is 0 Å². The van der Waals surface area contributed by atoms with Crippen LogP contribution < -0.4 is 10.2 Å². The van der Waals surface area contributed by atoms with E-state index in [2.05, 4.69) is 64.6 Å². The molecule has 3 aliphatic heterocycles. The molecule has 3 aromatic rings. The van der Waals surface area contributed by atoms with E-state index in [0.717, 1.165) is 55.7 Å². The van der Waals surface area contributed by atoms with Crippen molar-refractivity contribution >= 4 is 22.5 Å². The summed E-state index contributed by atoms with van der Waals surface area (Å²) in [6.45, 7) is 7.24. The minimum atomic E-state index is 0.0530. The molecule has 2 saturated heterocycles. The Labute approximate surface area is 177 Å². The van der Waals surface area contributed by atoms with Gasteiger partial charge in [-0.25, -0.2) is 0 Å². The Morgan fingerprint density at radius 1 is 1.13 bits per heavy atom. The van der Waals surface area contributed by atoms with Crippen molar-refractivity contribution in [2.45, 2.75) is 31.2 Å². The van der Waals surface area contributed by atoms with E-state index in [0.29, 0.717) is 11.7 Å². The summed E-state index contributed by atoms with van der Waals surface area (Å²) < 4.78 is 0. The van der Waals surface area contributed by atoms with E-state index in [1.807, 2.05) is 11.0 Å². The number of nitrogens with zero attached hydrogens (tertiary/aromatic N) is 2. The lowest BCUT2D eigenvalue weighted by molar-refractivity contribution is 0.0980. The molecule has 2 atom stereocenters. The van der Waals surface area contributed by atoms with Crippen LogP contribution >= 0.6 is 0 Å². The number of benzene rings is 2. The van der Waals surface area contributed by atoms with Gasteiger partial charge in [-0.05, 0) is 62.7 Å². The largest absolute Gasteiger partial charge is 0.351 e. The van der Waals surface area contributed by atoms with Crippen LogP contribution in [0.1, 0.15) is 34.5 Å². The van der Waals surface area contributed by atoms with Gasteiger partial charge in [0.15, 0.2) is 0 Å². The summed E-state index contributed by atoms with van der Waals surface area (Å²) in [6.07, 6.45) is 2.35. The first-order valence-electron chi connectivity index (χ1n) is 11.1. The van der Waals surface area contributed by atoms with Crippen molar-refractivity contribution in [1.82, 2.24) is 15.2 Å². The normalized spacial score (nSPS) is 26.2. The Kier molecular flexibility index (Phi) is 4.05. The first kappa shape index (κ1) is 18.2. The van der Waals surface area contributed by atoms with E-state index in [1.54, 1.807) is 0 Å². The fraction of sp³-hybridized carbons (Fsp3) is 0.400. The number of para-hydroxylation sites is 1. The monoisotopic (exact) mass is 400 g/mol. The zero-order valence-corrected chi connectivity index (χ0v) is 17.4. The van der Waals surface area contributed by atoms with Crippen molar-refractivity contribution in [1.29, 1.82) is 0 Å². The van der Waals surface area contributed by atoms with Crippen molar-refractivity contribution < 1.29 is 4.79 Å². The highest BCUT2D eigenvalue weighted by atomic mass is 16.2. The van der Waals surface area contributed by atoms with Gasteiger partial charge in [-0.2, -0.15) is 0 Å². The number of aromatic amines is 1. The number of hydrogen-bond donors (Lipinski definition) is 2. The Balaban J connectivity index is 1.34. The highest BCUT2D eigenvalue weighted by Crippen LogP contribution is 2.47. The van der Waals surface area contributed by atoms with Crippen molar-refractivity contribution in [3.05, 3.63) is 65.4 Å². The molecule has 4 heterocycles. The van der Waals surface area contributed by atoms with Gasteiger partial charge >= 0.3 is 0 Å². The second kappa shape index (κ2) is 6.69. The summed E-state index contributed by atoms with van der Waals surface area (Å²) in [5.41, 5.74) is 5.39. The van der Waals surface area contributed by atoms with E-state index in [4.69, 9.17) is 0 Å². The van der Waals surface area contributed by atoms with Gasteiger partial charge in [-0.3, -0.25) is 9.69 Å². The molecule has 1 unspecified atom stereocenters. The van der Waals surface area contributed by atoms with E-state index in [-0.39, 0.29) is 11.3 Å². The minimum absolute atomic E-state index is 0.0530. The van der Waals surface area contributed by atoms with E-state index in [1.165, 1.54) is 17.5 Å². The number of hydrogen-bond acceptors (Lipinski definition) is 3. The molecule has 30 heavy (non-hydrogen) atoms. The Morgan fingerprint density at radius 2 is 2.03 bits per heavy atom. The van der Waals surface area contributed by atoms with Crippen LogP contribution in [0.5, 0.6) is 0 Å². The van der Waals surface area contributed by atoms with Crippen LogP contribution in [0.4, 0.5) is 5.69 Å². The maximum atomic E-state index is 13.6. The number of carbonyl (C=O) groups is 1. The third-order valence-corrected chi connectivity index (χ3v) is 7.41. The van der Waals surface area contributed by atoms with Gasteiger partial charge < -0.3 is 15.2 Å². The van der Waals surface area contributed by atoms with E-state index in [9.17, 15) is 4.79 Å². The van der Waals surface area contributed by atoms with Gasteiger partial charge in [0.05, 0.1) is 0 Å². The van der Waals surface area contributed by atoms with Crippen LogP contribution in [-0.2, 0) is 5.41 Å². The van der Waals surface area contributed by atoms with Crippen LogP contribution in [0, 0.1) is 6.92 Å². The lowest BCUT2D eigenvalue weighted by Gasteiger charge is -2.28. The molecule has 1 spiro atoms. The molecule has 5 nitrogen and oxygen atoms in total. The molecule has 2 aromatic carbocycles. The third-order valence-electron chi connectivity index (χ3n) is 7.41. The third kappa shape index (κ3) is 2.72. The highest BCUT2D eigenvalue weighted by Gasteiger charge is 2.50. The molecule has 3 aliphatic rings. The molecule has 154 valence electrons. The number of aryl methyl sites for hydroxylation is 1. The second-order valence-electron chi connectivity index (χ2n) is 9.33. The molecule has 0 bridgehead atoms. The number of anilines is 1. The van der Waals surface area contributed by atoms with Crippen molar-refractivity contribution in [2.24, 2.45) is 0 Å². The molecule has 5 heteroatoms. The molecule has 2 N–H and O–H groups in total. The summed E-state index contributed by atoms with van der Waals surface area (Å²) in [5.74, 6) is 0.0779. The number of amides is 1. The van der Waals surface area contributed by atoms with Gasteiger partial charge in [0, 0.05) is 47.7 Å². The number of carbonyl (C=O) groups excluding carboxylic acids is 1. The maximum Gasteiger partial charge on any atom is 0.274 e. The van der Waals surface area contributed by atoms with Crippen LogP contribution in [0.15, 0.2) is 48.5 Å². The molecule has 6 rings (SSSR count). The number of likely N-dealkylation sites (tertiary alicyclic amines) is 1. The van der Waals surface area contributed by atoms with E-state index >= 15 is 0 Å². The quantitative estimate of drug-likeness (QED) is 0.693. The lowest BCUT2D eigenvalue weighted by atomic mass is 9.81. The predicted molar refractivity (Wildman–Crippen MR) is 120 cm³/mol. The molecule has 1 aromatic heterocycles. The molecular weight excluding hydrogens is 372 g/mol. The van der Waals surface area contributed by atoms with Crippen LogP contribution in [0.3, 0.4) is 0 Å². The average Bonchev–Trinajstić information content (AvgIpc) is 3.54. The van der Waals surface area contributed by atoms with Crippen LogP contribution in [-0.4, -0.2) is 54.6 Å². The first-order valence-corrected chi connectivity index (χ1v) is 11.1. The van der Waals surface area contributed by atoms with Gasteiger partial charge in [-0.15, -0.1) is 0 Å². The molecule has 2 fully saturated rings. The standard InChI is InChI=1S/C25H28N4O/c1-17-6-7-21-18(12-17)13-22(27-21)24(30)29-16-25(20-4-2-3-5-23(20)29)9-11-28(15-25)19-8-10-26-14-19/h2-7,12-13,19,26-27H,8-11,14-16H2,1H3/t19?,25-/m1/s1. The molecular formula is C25H28N4O. The summed E-state index contributed by atoms with van der Waals surface area (Å²) in [6, 6.07) is 17.5. The smallest absolute Gasteiger partial charge is 0.274 e. The fourth-order valence-corrected chi connectivity index (χ4v) is 5.84. The first-order chi connectivity index (χ1) is 14.6. The second-order valence-corrected chi connectivity index (χ2v) is 9.33. The predicted octanol–water partition coefficient (Wildman–Crippen LogP) is 3.44. The Morgan fingerprint density at radius 3 is 2.90 bits per heavy atom. The zero-order valence-electron chi connectivity index (χ0n) is 17.4. The average molecular weight is 401 g/mol. The zero-order chi connectivity index (χ0) is 20.3. The molecule has 1 amide bonds. The van der Waals surface area contributed by atoms with Gasteiger partial charge in [-0.1, -0.05) is 29.8 Å². The SMILES string of the molecule is Cc1ccc2[nH]c(C(=O)N3C[C@]4(CCN(C5CCNC5)C4)c4ccccc43)cc2c1. The van der Waals surface area contributed by atoms with Gasteiger partial charge in [0.25, 0.3) is 5.91 Å². The Hall–Kier alpha value is -2.63. The minimum Gasteiger partial charge on any atom is -0.351 e. The summed E-state index contributed by atoms with van der Waals surface area (Å²) >= 11 is 0. The van der Waals surface area contributed by atoms with Crippen LogP contribution in [0.2, 0.25) is 0 Å². The van der Waals surface area contributed by atoms with Gasteiger partial charge in [0.1, 0.15) is 5.69 Å². The number of rotatable bonds is 2. The number of aromatic nitrogens is 1. The van der Waals surface area contributed by atoms with Crippen LogP contribution in [0.25, 0.3) is 10.9 Å². The Bertz CT molecular complexity index is 1130. The van der Waals surface area contributed by atoms with E-state index < -0.39 is 0 Å². The van der Waals surface area contributed by atoms with Crippen molar-refractivity contribution in [2.75, 3.05) is 37.6 Å². The molecule has 0 saturated carbocycles. The highest BCUT2D eigenvalue weighted by molar-refractivity contribution is 6.09. The summed E-state index contributed by atoms with van der Waals surface area (Å²) in [4.78, 5) is 21.6. The molecule has 0 radical (unpaired) electrons.